The van der Waals surface area contributed by atoms with E-state index in [-0.39, 0.29) is 5.91 Å². The van der Waals surface area contributed by atoms with Gasteiger partial charge in [0.1, 0.15) is 10.7 Å². The quantitative estimate of drug-likeness (QED) is 0.906. The van der Waals surface area contributed by atoms with Crippen LogP contribution in [-0.4, -0.2) is 20.9 Å². The summed E-state index contributed by atoms with van der Waals surface area (Å²) in [6.45, 7) is 2.48. The number of piperidine rings is 1. The second-order valence-corrected chi connectivity index (χ2v) is 7.69. The van der Waals surface area contributed by atoms with Crippen molar-refractivity contribution in [3.63, 3.8) is 0 Å². The molecule has 0 atom stereocenters. The fraction of sp³-hybridized carbons (Fsp3) is 0.278. The molecule has 0 unspecified atom stereocenters. The van der Waals surface area contributed by atoms with Crippen molar-refractivity contribution >= 4 is 27.3 Å². The number of carbonyl (C=O) groups excluding carboxylic acids is 1. The first kappa shape index (κ1) is 17.4. The van der Waals surface area contributed by atoms with Crippen molar-refractivity contribution in [2.75, 3.05) is 16.2 Å². The first-order valence-electron chi connectivity index (χ1n) is 8.07. The van der Waals surface area contributed by atoms with Gasteiger partial charge in [-0.15, -0.1) is 0 Å². The minimum Gasteiger partial charge on any atom is -0.312 e. The van der Waals surface area contributed by atoms with Crippen molar-refractivity contribution in [3.05, 3.63) is 53.8 Å². The zero-order valence-electron chi connectivity index (χ0n) is 13.8. The van der Waals surface area contributed by atoms with E-state index in [0.29, 0.717) is 24.3 Å². The number of rotatable bonds is 4. The van der Waals surface area contributed by atoms with Gasteiger partial charge in [0.15, 0.2) is 0 Å². The minimum atomic E-state index is -4.05. The number of carbonyl (C=O) groups is 1. The van der Waals surface area contributed by atoms with E-state index in [9.17, 15) is 17.6 Å². The Morgan fingerprint density at radius 1 is 1.12 bits per heavy atom. The molecule has 2 aromatic rings. The smallest absolute Gasteiger partial charge is 0.264 e. The highest BCUT2D eigenvalue weighted by atomic mass is 32.2. The highest BCUT2D eigenvalue weighted by Crippen LogP contribution is 2.29. The Morgan fingerprint density at radius 3 is 2.60 bits per heavy atom. The molecule has 132 valence electrons. The van der Waals surface area contributed by atoms with E-state index in [4.69, 9.17) is 0 Å². The molecule has 0 saturated carbocycles. The standard InChI is InChI=1S/C18H19FN2O3S/c1-13-9-10-14(12-16(13)21-11-5-4-8-18(21)22)20-25(23,24)17-7-3-2-6-15(17)19/h2-3,6-7,9-10,12,20H,4-5,8,11H2,1H3. The largest absolute Gasteiger partial charge is 0.312 e. The number of halogens is 1. The lowest BCUT2D eigenvalue weighted by Crippen LogP contribution is -2.35. The van der Waals surface area contributed by atoms with E-state index in [0.717, 1.165) is 24.5 Å². The molecule has 25 heavy (non-hydrogen) atoms. The summed E-state index contributed by atoms with van der Waals surface area (Å²) in [7, 11) is -4.05. The van der Waals surface area contributed by atoms with Crippen LogP contribution in [0.3, 0.4) is 0 Å². The van der Waals surface area contributed by atoms with Crippen LogP contribution in [0.25, 0.3) is 0 Å². The van der Waals surface area contributed by atoms with E-state index in [1.54, 1.807) is 23.1 Å². The van der Waals surface area contributed by atoms with Gasteiger partial charge in [-0.25, -0.2) is 12.8 Å². The molecule has 1 aliphatic rings. The average molecular weight is 362 g/mol. The number of anilines is 2. The van der Waals surface area contributed by atoms with Crippen molar-refractivity contribution in [2.45, 2.75) is 31.1 Å². The molecule has 1 N–H and O–H groups in total. The Balaban J connectivity index is 1.92. The second-order valence-electron chi connectivity index (χ2n) is 6.04. The Kier molecular flexibility index (Phi) is 4.76. The molecule has 7 heteroatoms. The molecule has 3 rings (SSSR count). The molecular weight excluding hydrogens is 343 g/mol. The maximum absolute atomic E-state index is 13.8. The highest BCUT2D eigenvalue weighted by Gasteiger charge is 2.23. The first-order chi connectivity index (χ1) is 11.9. The summed E-state index contributed by atoms with van der Waals surface area (Å²) in [6.07, 6.45) is 2.27. The molecule has 1 aliphatic heterocycles. The number of nitrogens with one attached hydrogen (secondary N) is 1. The molecule has 0 radical (unpaired) electrons. The van der Waals surface area contributed by atoms with Gasteiger partial charge in [0, 0.05) is 18.7 Å². The molecule has 0 aromatic heterocycles. The van der Waals surface area contributed by atoms with E-state index in [1.165, 1.54) is 18.2 Å². The summed E-state index contributed by atoms with van der Waals surface area (Å²) in [5, 5.41) is 0. The van der Waals surface area contributed by atoms with Gasteiger partial charge in [-0.3, -0.25) is 9.52 Å². The number of nitrogens with zero attached hydrogens (tertiary/aromatic N) is 1. The molecule has 1 heterocycles. The third kappa shape index (κ3) is 3.66. The predicted molar refractivity (Wildman–Crippen MR) is 94.6 cm³/mol. The van der Waals surface area contributed by atoms with Crippen LogP contribution in [0.1, 0.15) is 24.8 Å². The summed E-state index contributed by atoms with van der Waals surface area (Å²) in [5.74, 6) is -0.781. The first-order valence-corrected chi connectivity index (χ1v) is 9.55. The van der Waals surface area contributed by atoms with Gasteiger partial charge in [0.05, 0.1) is 5.69 Å². The Bertz CT molecular complexity index is 912. The fourth-order valence-electron chi connectivity index (χ4n) is 2.90. The lowest BCUT2D eigenvalue weighted by Gasteiger charge is -2.28. The van der Waals surface area contributed by atoms with Crippen LogP contribution in [0.5, 0.6) is 0 Å². The summed E-state index contributed by atoms with van der Waals surface area (Å²) in [6, 6.07) is 10.2. The predicted octanol–water partition coefficient (Wildman–Crippen LogP) is 3.45. The normalized spacial score (nSPS) is 15.3. The molecule has 1 amide bonds. The van der Waals surface area contributed by atoms with Crippen molar-refractivity contribution in [1.29, 1.82) is 0 Å². The number of hydrogen-bond donors (Lipinski definition) is 1. The third-order valence-corrected chi connectivity index (χ3v) is 5.62. The summed E-state index contributed by atoms with van der Waals surface area (Å²) in [4.78, 5) is 13.4. The van der Waals surface area contributed by atoms with Gasteiger partial charge in [0.25, 0.3) is 10.0 Å². The summed E-state index contributed by atoms with van der Waals surface area (Å²) < 4.78 is 41.0. The lowest BCUT2D eigenvalue weighted by atomic mass is 10.1. The molecule has 0 aliphatic carbocycles. The van der Waals surface area contributed by atoms with Crippen molar-refractivity contribution in [3.8, 4) is 0 Å². The average Bonchev–Trinajstić information content (AvgIpc) is 2.57. The van der Waals surface area contributed by atoms with Crippen LogP contribution in [-0.2, 0) is 14.8 Å². The molecule has 5 nitrogen and oxygen atoms in total. The van der Waals surface area contributed by atoms with E-state index < -0.39 is 20.7 Å². The van der Waals surface area contributed by atoms with Crippen molar-refractivity contribution in [1.82, 2.24) is 0 Å². The van der Waals surface area contributed by atoms with Gasteiger partial charge in [-0.05, 0) is 49.6 Å². The SMILES string of the molecule is Cc1ccc(NS(=O)(=O)c2ccccc2F)cc1N1CCCCC1=O. The Labute approximate surface area is 146 Å². The number of benzene rings is 2. The molecular formula is C18H19FN2O3S. The van der Waals surface area contributed by atoms with Crippen LogP contribution >= 0.6 is 0 Å². The maximum atomic E-state index is 13.8. The monoisotopic (exact) mass is 362 g/mol. The van der Waals surface area contributed by atoms with Gasteiger partial charge in [0.2, 0.25) is 5.91 Å². The van der Waals surface area contributed by atoms with E-state index >= 15 is 0 Å². The van der Waals surface area contributed by atoms with Crippen LogP contribution in [0.4, 0.5) is 15.8 Å². The van der Waals surface area contributed by atoms with Gasteiger partial charge >= 0.3 is 0 Å². The number of hydrogen-bond acceptors (Lipinski definition) is 3. The lowest BCUT2D eigenvalue weighted by molar-refractivity contribution is -0.119. The van der Waals surface area contributed by atoms with Gasteiger partial charge < -0.3 is 4.90 Å². The molecule has 0 bridgehead atoms. The minimum absolute atomic E-state index is 0.0310. The third-order valence-electron chi connectivity index (χ3n) is 4.20. The summed E-state index contributed by atoms with van der Waals surface area (Å²) >= 11 is 0. The topological polar surface area (TPSA) is 66.5 Å². The van der Waals surface area contributed by atoms with Crippen molar-refractivity contribution < 1.29 is 17.6 Å². The zero-order chi connectivity index (χ0) is 18.0. The van der Waals surface area contributed by atoms with Crippen LogP contribution in [0, 0.1) is 12.7 Å². The van der Waals surface area contributed by atoms with Gasteiger partial charge in [-0.2, -0.15) is 0 Å². The summed E-state index contributed by atoms with van der Waals surface area (Å²) in [5.41, 5.74) is 1.85. The van der Waals surface area contributed by atoms with Gasteiger partial charge in [-0.1, -0.05) is 18.2 Å². The number of sulfonamides is 1. The zero-order valence-corrected chi connectivity index (χ0v) is 14.6. The van der Waals surface area contributed by atoms with Crippen molar-refractivity contribution in [2.24, 2.45) is 0 Å². The van der Waals surface area contributed by atoms with Crippen LogP contribution in [0.2, 0.25) is 0 Å². The van der Waals surface area contributed by atoms with Crippen LogP contribution < -0.4 is 9.62 Å². The van der Waals surface area contributed by atoms with E-state index in [1.807, 2.05) is 6.92 Å². The molecule has 1 saturated heterocycles. The Hall–Kier alpha value is -2.41. The molecule has 1 fully saturated rings. The maximum Gasteiger partial charge on any atom is 0.264 e. The fourth-order valence-corrected chi connectivity index (χ4v) is 4.03. The Morgan fingerprint density at radius 2 is 1.88 bits per heavy atom. The number of amides is 1. The van der Waals surface area contributed by atoms with E-state index in [2.05, 4.69) is 4.72 Å². The number of aryl methyl sites for hydroxylation is 1. The second kappa shape index (κ2) is 6.84. The molecule has 0 spiro atoms. The highest BCUT2D eigenvalue weighted by molar-refractivity contribution is 7.92. The van der Waals surface area contributed by atoms with Crippen LogP contribution in [0.15, 0.2) is 47.4 Å². The molecule has 2 aromatic carbocycles.